The summed E-state index contributed by atoms with van der Waals surface area (Å²) in [6, 6.07) is 0. The van der Waals surface area contributed by atoms with E-state index >= 15 is 0 Å². The number of nitrogens with two attached hydrogens (primary N) is 1. The molecule has 2 N–H and O–H groups in total. The minimum Gasteiger partial charge on any atom is -0.326 e. The fourth-order valence-electron chi connectivity index (χ4n) is 1.30. The average molecular weight is 204 g/mol. The van der Waals surface area contributed by atoms with Crippen molar-refractivity contribution in [3.8, 4) is 0 Å². The second-order valence-corrected chi connectivity index (χ2v) is 3.10. The molecule has 0 fully saturated rings. The molecule has 0 saturated carbocycles. The van der Waals surface area contributed by atoms with Gasteiger partial charge in [0.25, 0.3) is 0 Å². The summed E-state index contributed by atoms with van der Waals surface area (Å²) in [6.45, 7) is 11.9. The van der Waals surface area contributed by atoms with Crippen molar-refractivity contribution in [3.05, 3.63) is 48.2 Å². The third-order valence-corrected chi connectivity index (χ3v) is 2.22. The molecule has 0 rings (SSSR count). The van der Waals surface area contributed by atoms with E-state index in [1.54, 1.807) is 12.3 Å². The van der Waals surface area contributed by atoms with Gasteiger partial charge in [-0.05, 0) is 30.1 Å². The molecule has 15 heavy (non-hydrogen) atoms. The van der Waals surface area contributed by atoms with E-state index in [9.17, 15) is 0 Å². The van der Waals surface area contributed by atoms with E-state index in [2.05, 4.69) is 32.0 Å². The quantitative estimate of drug-likeness (QED) is 0.524. The summed E-state index contributed by atoms with van der Waals surface area (Å²) in [7, 11) is 0. The maximum atomic E-state index is 5.67. The fraction of sp³-hybridized carbons (Fsp3) is 0.308. The van der Waals surface area contributed by atoms with Crippen molar-refractivity contribution in [1.82, 2.24) is 0 Å². The van der Waals surface area contributed by atoms with E-state index in [4.69, 9.17) is 5.73 Å². The third kappa shape index (κ3) is 4.56. The molecule has 0 saturated heterocycles. The molecule has 0 atom stereocenters. The Morgan fingerprint density at radius 1 is 1.40 bits per heavy atom. The Morgan fingerprint density at radius 3 is 2.47 bits per heavy atom. The van der Waals surface area contributed by atoms with Crippen LogP contribution in [0.15, 0.2) is 53.2 Å². The fourth-order valence-corrected chi connectivity index (χ4v) is 1.30. The molecule has 2 heteroatoms. The van der Waals surface area contributed by atoms with Gasteiger partial charge in [0.05, 0.1) is 0 Å². The number of allylic oxidation sites excluding steroid dienone is 4. The summed E-state index contributed by atoms with van der Waals surface area (Å²) in [6.07, 6.45) is 8.03. The number of aliphatic imine (C=N–C) groups is 1. The molecular formula is C13H20N2. The van der Waals surface area contributed by atoms with E-state index in [1.807, 2.05) is 6.08 Å². The Morgan fingerprint density at radius 2 is 2.07 bits per heavy atom. The van der Waals surface area contributed by atoms with Crippen molar-refractivity contribution in [2.75, 3.05) is 6.54 Å². The van der Waals surface area contributed by atoms with E-state index in [0.29, 0.717) is 6.54 Å². The molecule has 2 nitrogen and oxygen atoms in total. The molecule has 0 aliphatic carbocycles. The van der Waals surface area contributed by atoms with E-state index in [1.165, 1.54) is 17.3 Å². The summed E-state index contributed by atoms with van der Waals surface area (Å²) in [5.41, 5.74) is 9.11. The average Bonchev–Trinajstić information content (AvgIpc) is 2.26. The Kier molecular flexibility index (Phi) is 7.20. The number of hydrogen-bond acceptors (Lipinski definition) is 2. The van der Waals surface area contributed by atoms with Gasteiger partial charge in [0.2, 0.25) is 0 Å². The second-order valence-electron chi connectivity index (χ2n) is 3.10. The SMILES string of the molecule is C=C/C=C(CC)/C(C)=C(/C=NC=C)CN. The smallest absolute Gasteiger partial charge is 0.0315 e. The zero-order valence-corrected chi connectivity index (χ0v) is 9.66. The Labute approximate surface area is 92.6 Å². The van der Waals surface area contributed by atoms with Crippen molar-refractivity contribution in [1.29, 1.82) is 0 Å². The molecule has 0 aliphatic heterocycles. The van der Waals surface area contributed by atoms with Gasteiger partial charge in [0, 0.05) is 19.0 Å². The summed E-state index contributed by atoms with van der Waals surface area (Å²) in [5.74, 6) is 0. The monoisotopic (exact) mass is 204 g/mol. The summed E-state index contributed by atoms with van der Waals surface area (Å²) in [5, 5.41) is 0. The first-order chi connectivity index (χ1) is 7.21. The summed E-state index contributed by atoms with van der Waals surface area (Å²) in [4.78, 5) is 3.99. The van der Waals surface area contributed by atoms with Gasteiger partial charge in [-0.15, -0.1) is 0 Å². The van der Waals surface area contributed by atoms with Crippen molar-refractivity contribution >= 4 is 6.21 Å². The van der Waals surface area contributed by atoms with E-state index in [-0.39, 0.29) is 0 Å². The highest BCUT2D eigenvalue weighted by molar-refractivity contribution is 5.81. The lowest BCUT2D eigenvalue weighted by atomic mass is 9.99. The second kappa shape index (κ2) is 7.94. The highest BCUT2D eigenvalue weighted by Crippen LogP contribution is 2.16. The van der Waals surface area contributed by atoms with Gasteiger partial charge in [0.15, 0.2) is 0 Å². The molecule has 0 amide bonds. The standard InChI is InChI=1S/C13H20N2/c1-5-8-12(6-2)11(4)13(9-14)10-15-7-3/h5,7-8,10H,1,3,6,9,14H2,2,4H3/b12-8+,13-11+,15-10?. The molecule has 0 bridgehead atoms. The Hall–Kier alpha value is -1.41. The molecule has 0 aliphatic rings. The normalized spacial score (nSPS) is 13.9. The lowest BCUT2D eigenvalue weighted by Gasteiger charge is -2.08. The van der Waals surface area contributed by atoms with Gasteiger partial charge in [-0.1, -0.05) is 32.2 Å². The minimum atomic E-state index is 0.484. The summed E-state index contributed by atoms with van der Waals surface area (Å²) >= 11 is 0. The Bertz CT molecular complexity index is 306. The molecule has 0 unspecified atom stereocenters. The van der Waals surface area contributed by atoms with Crippen LogP contribution in [0.2, 0.25) is 0 Å². The number of hydrogen-bond donors (Lipinski definition) is 1. The van der Waals surface area contributed by atoms with Crippen molar-refractivity contribution < 1.29 is 0 Å². The number of nitrogens with zero attached hydrogens (tertiary/aromatic N) is 1. The van der Waals surface area contributed by atoms with E-state index < -0.39 is 0 Å². The van der Waals surface area contributed by atoms with Gasteiger partial charge in [-0.2, -0.15) is 0 Å². The van der Waals surface area contributed by atoms with Crippen LogP contribution in [0.3, 0.4) is 0 Å². The van der Waals surface area contributed by atoms with Crippen molar-refractivity contribution in [3.63, 3.8) is 0 Å². The predicted molar refractivity (Wildman–Crippen MR) is 69.0 cm³/mol. The largest absolute Gasteiger partial charge is 0.326 e. The van der Waals surface area contributed by atoms with Gasteiger partial charge >= 0.3 is 0 Å². The van der Waals surface area contributed by atoms with Crippen LogP contribution in [-0.4, -0.2) is 12.8 Å². The molecule has 0 aromatic carbocycles. The lowest BCUT2D eigenvalue weighted by molar-refractivity contribution is 1.07. The first-order valence-electron chi connectivity index (χ1n) is 5.07. The van der Waals surface area contributed by atoms with Crippen LogP contribution >= 0.6 is 0 Å². The predicted octanol–water partition coefficient (Wildman–Crippen LogP) is 3.00. The minimum absolute atomic E-state index is 0.484. The molecule has 0 aromatic rings. The van der Waals surface area contributed by atoms with E-state index in [0.717, 1.165) is 12.0 Å². The maximum Gasteiger partial charge on any atom is 0.0315 e. The summed E-state index contributed by atoms with van der Waals surface area (Å²) < 4.78 is 0. The van der Waals surface area contributed by atoms with Gasteiger partial charge < -0.3 is 5.73 Å². The molecule has 0 radical (unpaired) electrons. The van der Waals surface area contributed by atoms with Crippen LogP contribution in [0.4, 0.5) is 0 Å². The van der Waals surface area contributed by atoms with Gasteiger partial charge in [0.1, 0.15) is 0 Å². The van der Waals surface area contributed by atoms with Crippen LogP contribution in [0, 0.1) is 0 Å². The van der Waals surface area contributed by atoms with Crippen LogP contribution < -0.4 is 5.73 Å². The Balaban J connectivity index is 5.15. The van der Waals surface area contributed by atoms with Crippen LogP contribution in [0.1, 0.15) is 20.3 Å². The maximum absolute atomic E-state index is 5.67. The van der Waals surface area contributed by atoms with Crippen molar-refractivity contribution in [2.24, 2.45) is 10.7 Å². The molecule has 0 aromatic heterocycles. The first kappa shape index (κ1) is 13.6. The molecule has 0 heterocycles. The first-order valence-corrected chi connectivity index (χ1v) is 5.07. The molecule has 82 valence electrons. The third-order valence-electron chi connectivity index (χ3n) is 2.22. The van der Waals surface area contributed by atoms with Gasteiger partial charge in [-0.25, -0.2) is 0 Å². The lowest BCUT2D eigenvalue weighted by Crippen LogP contribution is -2.07. The van der Waals surface area contributed by atoms with Crippen LogP contribution in [0.5, 0.6) is 0 Å². The van der Waals surface area contributed by atoms with Crippen molar-refractivity contribution in [2.45, 2.75) is 20.3 Å². The van der Waals surface area contributed by atoms with Crippen LogP contribution in [0.25, 0.3) is 0 Å². The molecular weight excluding hydrogens is 184 g/mol. The highest BCUT2D eigenvalue weighted by Gasteiger charge is 2.01. The molecule has 0 spiro atoms. The zero-order chi connectivity index (χ0) is 11.7. The highest BCUT2D eigenvalue weighted by atomic mass is 14.7. The topological polar surface area (TPSA) is 38.4 Å². The van der Waals surface area contributed by atoms with Crippen LogP contribution in [-0.2, 0) is 0 Å². The van der Waals surface area contributed by atoms with Gasteiger partial charge in [-0.3, -0.25) is 4.99 Å². The zero-order valence-electron chi connectivity index (χ0n) is 9.66. The number of rotatable bonds is 6.